The van der Waals surface area contributed by atoms with E-state index in [1.165, 1.54) is 30.4 Å². The second-order valence-corrected chi connectivity index (χ2v) is 7.81. The zero-order valence-corrected chi connectivity index (χ0v) is 15.3. The van der Waals surface area contributed by atoms with Crippen LogP contribution in [0.2, 0.25) is 0 Å². The number of amides is 2. The van der Waals surface area contributed by atoms with Gasteiger partial charge >= 0.3 is 0 Å². The fraction of sp³-hybridized carbons (Fsp3) is 0.409. The lowest BCUT2D eigenvalue weighted by molar-refractivity contribution is -0.116. The predicted octanol–water partition coefficient (Wildman–Crippen LogP) is 3.83. The minimum absolute atomic E-state index is 0.00825. The number of nitrogens with zero attached hydrogens (tertiary/aromatic N) is 2. The van der Waals surface area contributed by atoms with Crippen molar-refractivity contribution in [1.82, 2.24) is 4.98 Å². The molecule has 1 saturated carbocycles. The van der Waals surface area contributed by atoms with Gasteiger partial charge in [0.05, 0.1) is 5.56 Å². The van der Waals surface area contributed by atoms with Crippen LogP contribution in [-0.4, -0.2) is 23.3 Å². The maximum Gasteiger partial charge on any atom is 0.259 e. The number of fused-ring (bicyclic) bond motifs is 2. The van der Waals surface area contributed by atoms with E-state index in [1.807, 2.05) is 11.0 Å². The van der Waals surface area contributed by atoms with Crippen LogP contribution in [0.25, 0.3) is 0 Å². The maximum atomic E-state index is 13.3. The molecule has 0 saturated heterocycles. The summed E-state index contributed by atoms with van der Waals surface area (Å²) in [4.78, 5) is 31.0. The van der Waals surface area contributed by atoms with Gasteiger partial charge in [0.2, 0.25) is 5.91 Å². The highest BCUT2D eigenvalue weighted by atomic mass is 16.2. The molecule has 0 spiro atoms. The highest BCUT2D eigenvalue weighted by Gasteiger charge is 2.29. The fourth-order valence-electron chi connectivity index (χ4n) is 4.49. The number of hydrogen-bond donors (Lipinski definition) is 1. The lowest BCUT2D eigenvalue weighted by atomic mass is 9.76. The molecule has 3 heterocycles. The average Bonchev–Trinajstić information content (AvgIpc) is 2.65. The molecule has 3 aliphatic rings. The Balaban J connectivity index is 1.48. The van der Waals surface area contributed by atoms with Gasteiger partial charge in [-0.05, 0) is 66.8 Å². The van der Waals surface area contributed by atoms with Crippen LogP contribution in [0.5, 0.6) is 0 Å². The minimum Gasteiger partial charge on any atom is -0.310 e. The number of aromatic nitrogens is 1. The van der Waals surface area contributed by atoms with Crippen molar-refractivity contribution in [2.45, 2.75) is 50.9 Å². The first-order chi connectivity index (χ1) is 13.2. The average molecular weight is 361 g/mol. The first-order valence-corrected chi connectivity index (χ1v) is 9.93. The van der Waals surface area contributed by atoms with Crippen LogP contribution in [0.4, 0.5) is 11.5 Å². The molecule has 1 aromatic carbocycles. The largest absolute Gasteiger partial charge is 0.310 e. The zero-order valence-electron chi connectivity index (χ0n) is 15.3. The third-order valence-corrected chi connectivity index (χ3v) is 6.17. The van der Waals surface area contributed by atoms with Crippen LogP contribution in [0.15, 0.2) is 30.5 Å². The van der Waals surface area contributed by atoms with Crippen LogP contribution >= 0.6 is 0 Å². The molecule has 5 heteroatoms. The molecular weight excluding hydrogens is 338 g/mol. The lowest BCUT2D eigenvalue weighted by Gasteiger charge is -2.35. The molecule has 5 rings (SSSR count). The molecule has 5 nitrogen and oxygen atoms in total. The Morgan fingerprint density at radius 3 is 2.85 bits per heavy atom. The molecule has 2 amide bonds. The van der Waals surface area contributed by atoms with Gasteiger partial charge in [0, 0.05) is 24.8 Å². The molecule has 2 aromatic rings. The molecule has 0 atom stereocenters. The van der Waals surface area contributed by atoms with Gasteiger partial charge in [-0.2, -0.15) is 0 Å². The predicted molar refractivity (Wildman–Crippen MR) is 104 cm³/mol. The highest BCUT2D eigenvalue weighted by molar-refractivity contribution is 6.07. The second kappa shape index (κ2) is 6.48. The van der Waals surface area contributed by atoms with Crippen molar-refractivity contribution in [2.75, 3.05) is 16.8 Å². The van der Waals surface area contributed by atoms with Crippen molar-refractivity contribution < 1.29 is 9.59 Å². The van der Waals surface area contributed by atoms with E-state index in [4.69, 9.17) is 0 Å². The molecule has 1 N–H and O–H groups in total. The summed E-state index contributed by atoms with van der Waals surface area (Å²) < 4.78 is 0. The standard InChI is InChI=1S/C22H23N3O2/c26-20-10-9-15-12-16(13-23-21(15)24-20)22(27)25-11-3-7-18-17(14-4-1-5-14)6-2-8-19(18)25/h2,6,8,12-14H,1,3-5,7,9-11H2,(H,23,24,26). The van der Waals surface area contributed by atoms with Crippen LogP contribution in [0, 0.1) is 0 Å². The zero-order chi connectivity index (χ0) is 18.4. The summed E-state index contributed by atoms with van der Waals surface area (Å²) in [7, 11) is 0. The first-order valence-electron chi connectivity index (χ1n) is 9.93. The summed E-state index contributed by atoms with van der Waals surface area (Å²) in [6.45, 7) is 0.744. The topological polar surface area (TPSA) is 62.3 Å². The Labute approximate surface area is 158 Å². The summed E-state index contributed by atoms with van der Waals surface area (Å²) in [5, 5.41) is 2.78. The molecule has 2 aliphatic heterocycles. The summed E-state index contributed by atoms with van der Waals surface area (Å²) in [5.74, 6) is 1.26. The van der Waals surface area contributed by atoms with E-state index in [0.29, 0.717) is 30.1 Å². The minimum atomic E-state index is -0.0115. The van der Waals surface area contributed by atoms with Crippen LogP contribution < -0.4 is 10.2 Å². The number of benzene rings is 1. The van der Waals surface area contributed by atoms with Crippen molar-refractivity contribution in [2.24, 2.45) is 0 Å². The Kier molecular flexibility index (Phi) is 3.96. The first kappa shape index (κ1) is 16.5. The number of nitrogens with one attached hydrogen (secondary N) is 1. The van der Waals surface area contributed by atoms with E-state index in [9.17, 15) is 9.59 Å². The van der Waals surface area contributed by atoms with Crippen LogP contribution in [-0.2, 0) is 17.6 Å². The second-order valence-electron chi connectivity index (χ2n) is 7.81. The maximum absolute atomic E-state index is 13.3. The Bertz CT molecular complexity index is 933. The third-order valence-electron chi connectivity index (χ3n) is 6.17. The number of hydrogen-bond acceptors (Lipinski definition) is 3. The summed E-state index contributed by atoms with van der Waals surface area (Å²) >= 11 is 0. The van der Waals surface area contributed by atoms with Gasteiger partial charge in [-0.3, -0.25) is 9.59 Å². The Morgan fingerprint density at radius 2 is 2.04 bits per heavy atom. The molecule has 0 radical (unpaired) electrons. The monoisotopic (exact) mass is 361 g/mol. The third kappa shape index (κ3) is 2.82. The highest BCUT2D eigenvalue weighted by Crippen LogP contribution is 2.42. The Hall–Kier alpha value is -2.69. The van der Waals surface area contributed by atoms with E-state index in [0.717, 1.165) is 30.6 Å². The Morgan fingerprint density at radius 1 is 1.15 bits per heavy atom. The molecule has 1 fully saturated rings. The van der Waals surface area contributed by atoms with Gasteiger partial charge in [0.15, 0.2) is 0 Å². The van der Waals surface area contributed by atoms with Gasteiger partial charge in [0.1, 0.15) is 5.82 Å². The smallest absolute Gasteiger partial charge is 0.259 e. The molecule has 1 aromatic heterocycles. The number of rotatable bonds is 2. The van der Waals surface area contributed by atoms with Crippen molar-refractivity contribution in [3.63, 3.8) is 0 Å². The molecule has 27 heavy (non-hydrogen) atoms. The van der Waals surface area contributed by atoms with E-state index in [2.05, 4.69) is 28.5 Å². The van der Waals surface area contributed by atoms with Crippen LogP contribution in [0.3, 0.4) is 0 Å². The van der Waals surface area contributed by atoms with Crippen LogP contribution in [0.1, 0.15) is 65.1 Å². The van der Waals surface area contributed by atoms with Crippen molar-refractivity contribution >= 4 is 23.3 Å². The number of carbonyl (C=O) groups is 2. The normalized spacial score (nSPS) is 19.0. The van der Waals surface area contributed by atoms with E-state index >= 15 is 0 Å². The molecule has 0 unspecified atom stereocenters. The summed E-state index contributed by atoms with van der Waals surface area (Å²) in [6.07, 6.45) is 8.58. The van der Waals surface area contributed by atoms with Gasteiger partial charge in [0.25, 0.3) is 5.91 Å². The van der Waals surface area contributed by atoms with Crippen molar-refractivity contribution in [3.05, 3.63) is 52.7 Å². The van der Waals surface area contributed by atoms with Gasteiger partial charge in [-0.15, -0.1) is 0 Å². The van der Waals surface area contributed by atoms with Crippen molar-refractivity contribution in [1.29, 1.82) is 0 Å². The summed E-state index contributed by atoms with van der Waals surface area (Å²) in [5.41, 5.74) is 5.43. The summed E-state index contributed by atoms with van der Waals surface area (Å²) in [6, 6.07) is 8.33. The molecular formula is C22H23N3O2. The quantitative estimate of drug-likeness (QED) is 0.884. The number of aryl methyl sites for hydroxylation is 1. The number of anilines is 2. The van der Waals surface area contributed by atoms with Gasteiger partial charge in [-0.1, -0.05) is 18.6 Å². The van der Waals surface area contributed by atoms with Gasteiger partial charge in [-0.25, -0.2) is 4.98 Å². The van der Waals surface area contributed by atoms with E-state index in [-0.39, 0.29) is 11.8 Å². The lowest BCUT2D eigenvalue weighted by Crippen LogP contribution is -2.36. The van der Waals surface area contributed by atoms with Crippen molar-refractivity contribution in [3.8, 4) is 0 Å². The number of pyridine rings is 1. The molecule has 138 valence electrons. The van der Waals surface area contributed by atoms with E-state index < -0.39 is 0 Å². The van der Waals surface area contributed by atoms with Gasteiger partial charge < -0.3 is 10.2 Å². The molecule has 0 bridgehead atoms. The number of carbonyl (C=O) groups excluding carboxylic acids is 2. The molecule has 1 aliphatic carbocycles. The SMILES string of the molecule is O=C1CCc2cc(C(=O)N3CCCc4c(C5CCC5)cccc43)cnc2N1. The van der Waals surface area contributed by atoms with E-state index in [1.54, 1.807) is 6.20 Å². The fourth-order valence-corrected chi connectivity index (χ4v) is 4.49.